The highest BCUT2D eigenvalue weighted by atomic mass is 16.5. The molecule has 0 saturated carbocycles. The van der Waals surface area contributed by atoms with Gasteiger partial charge in [-0.1, -0.05) is 24.3 Å². The monoisotopic (exact) mass is 439 g/mol. The zero-order chi connectivity index (χ0) is 22.6. The Kier molecular flexibility index (Phi) is 5.85. The van der Waals surface area contributed by atoms with Crippen LogP contribution in [0.3, 0.4) is 0 Å². The summed E-state index contributed by atoms with van der Waals surface area (Å²) in [6, 6.07) is 17.6. The second-order valence-electron chi connectivity index (χ2n) is 7.94. The normalized spacial score (nSPS) is 14.4. The first-order chi connectivity index (χ1) is 16.2. The van der Waals surface area contributed by atoms with Gasteiger partial charge in [-0.05, 0) is 51.0 Å². The molecule has 0 bridgehead atoms. The Balaban J connectivity index is 1.34. The van der Waals surface area contributed by atoms with Crippen molar-refractivity contribution in [2.45, 2.75) is 33.3 Å². The Bertz CT molecular complexity index is 1300. The number of hydrogen-bond donors (Lipinski definition) is 1. The summed E-state index contributed by atoms with van der Waals surface area (Å²) in [5.41, 5.74) is 4.49. The minimum absolute atomic E-state index is 0.321. The van der Waals surface area contributed by atoms with Gasteiger partial charge in [-0.15, -0.1) is 0 Å². The first kappa shape index (κ1) is 20.9. The lowest BCUT2D eigenvalue weighted by molar-refractivity contribution is 0.299. The molecule has 0 radical (unpaired) electrons. The van der Waals surface area contributed by atoms with E-state index in [4.69, 9.17) is 14.1 Å². The lowest BCUT2D eigenvalue weighted by atomic mass is 10.1. The summed E-state index contributed by atoms with van der Waals surface area (Å²) in [5.74, 6) is 3.68. The van der Waals surface area contributed by atoms with Crippen molar-refractivity contribution in [1.82, 2.24) is 15.0 Å². The van der Waals surface area contributed by atoms with E-state index in [1.807, 2.05) is 74.6 Å². The molecule has 0 fully saturated rings. The quantitative estimate of drug-likeness (QED) is 0.432. The molecule has 1 aliphatic rings. The van der Waals surface area contributed by atoms with Crippen LogP contribution in [0.15, 0.2) is 70.2 Å². The van der Waals surface area contributed by atoms with Crippen LogP contribution in [0.4, 0.5) is 11.5 Å². The van der Waals surface area contributed by atoms with Crippen molar-refractivity contribution in [3.05, 3.63) is 83.6 Å². The van der Waals surface area contributed by atoms with E-state index in [2.05, 4.69) is 20.3 Å². The molecule has 7 heteroatoms. The number of ether oxygens (including phenoxy) is 1. The number of rotatable bonds is 5. The number of aliphatic imine (C=N–C) groups is 1. The van der Waals surface area contributed by atoms with Gasteiger partial charge in [0.25, 0.3) is 0 Å². The van der Waals surface area contributed by atoms with Crippen molar-refractivity contribution in [1.29, 1.82) is 0 Å². The van der Waals surface area contributed by atoms with Crippen LogP contribution in [0, 0.1) is 13.8 Å². The molecule has 2 aromatic carbocycles. The Labute approximate surface area is 192 Å². The van der Waals surface area contributed by atoms with Crippen LogP contribution in [0.2, 0.25) is 0 Å². The summed E-state index contributed by atoms with van der Waals surface area (Å²) in [4.78, 5) is 18.4. The predicted octanol–water partition coefficient (Wildman–Crippen LogP) is 5.65. The number of benzene rings is 2. The first-order valence-electron chi connectivity index (χ1n) is 11.1. The summed E-state index contributed by atoms with van der Waals surface area (Å²) < 4.78 is 11.9. The van der Waals surface area contributed by atoms with Crippen LogP contribution >= 0.6 is 0 Å². The average Bonchev–Trinajstić information content (AvgIpc) is 3.10. The maximum absolute atomic E-state index is 6.03. The van der Waals surface area contributed by atoms with Crippen LogP contribution in [-0.2, 0) is 6.61 Å². The number of fused-ring (bicyclic) bond motifs is 1. The Morgan fingerprint density at radius 1 is 1.06 bits per heavy atom. The molecule has 0 spiro atoms. The molecule has 3 heterocycles. The average molecular weight is 440 g/mol. The summed E-state index contributed by atoms with van der Waals surface area (Å²) in [7, 11) is 0. The Morgan fingerprint density at radius 3 is 2.82 bits per heavy atom. The molecule has 1 aliphatic heterocycles. The minimum atomic E-state index is 0.321. The molecule has 2 aromatic heterocycles. The van der Waals surface area contributed by atoms with Crippen LogP contribution < -0.4 is 10.1 Å². The van der Waals surface area contributed by atoms with Crippen molar-refractivity contribution in [3.63, 3.8) is 0 Å². The van der Waals surface area contributed by atoms with Crippen molar-refractivity contribution >= 4 is 17.2 Å². The molecule has 0 amide bonds. The van der Waals surface area contributed by atoms with E-state index >= 15 is 0 Å². The van der Waals surface area contributed by atoms with Gasteiger partial charge in [-0.2, -0.15) is 0 Å². The van der Waals surface area contributed by atoms with Gasteiger partial charge in [0, 0.05) is 24.4 Å². The molecule has 5 rings (SSSR count). The maximum Gasteiger partial charge on any atom is 0.226 e. The zero-order valence-corrected chi connectivity index (χ0v) is 18.7. The highest BCUT2D eigenvalue weighted by molar-refractivity contribution is 6.05. The fraction of sp³-hybridized carbons (Fsp3) is 0.231. The van der Waals surface area contributed by atoms with Gasteiger partial charge in [0.1, 0.15) is 35.5 Å². The molecule has 0 atom stereocenters. The third-order valence-corrected chi connectivity index (χ3v) is 5.47. The van der Waals surface area contributed by atoms with E-state index in [-0.39, 0.29) is 0 Å². The van der Waals surface area contributed by atoms with E-state index in [1.54, 1.807) is 0 Å². The Hall–Kier alpha value is -4.00. The number of oxazole rings is 1. The molecule has 1 N–H and O–H groups in total. The molecule has 0 unspecified atom stereocenters. The second-order valence-corrected chi connectivity index (χ2v) is 7.94. The SMILES string of the molecule is Cc1ncc2c(n1)NCCCC2=Nc1cccc(OCc2nc(-c3ccccc3)oc2C)c1. The highest BCUT2D eigenvalue weighted by Crippen LogP contribution is 2.27. The van der Waals surface area contributed by atoms with Gasteiger partial charge in [-0.3, -0.25) is 4.99 Å². The fourth-order valence-electron chi connectivity index (χ4n) is 3.75. The van der Waals surface area contributed by atoms with E-state index in [0.29, 0.717) is 12.5 Å². The minimum Gasteiger partial charge on any atom is -0.487 e. The molecule has 33 heavy (non-hydrogen) atoms. The smallest absolute Gasteiger partial charge is 0.226 e. The van der Waals surface area contributed by atoms with E-state index in [9.17, 15) is 0 Å². The van der Waals surface area contributed by atoms with Gasteiger partial charge in [0.15, 0.2) is 0 Å². The standard InChI is InChI=1S/C26H25N5O2/c1-17-24(31-26(33-17)19-8-4-3-5-9-19)16-32-21-11-6-10-20(14-21)30-23-12-7-13-27-25-22(23)15-28-18(2)29-25/h3-6,8-11,14-15H,7,12-13,16H2,1-2H3,(H,27,28,29). The number of anilines is 1. The van der Waals surface area contributed by atoms with Crippen LogP contribution in [0.1, 0.15) is 35.7 Å². The lowest BCUT2D eigenvalue weighted by Crippen LogP contribution is -2.06. The third kappa shape index (κ3) is 4.77. The molecule has 0 saturated heterocycles. The summed E-state index contributed by atoms with van der Waals surface area (Å²) in [6.07, 6.45) is 3.70. The molecular weight excluding hydrogens is 414 g/mol. The van der Waals surface area contributed by atoms with Crippen molar-refractivity contribution in [3.8, 4) is 17.2 Å². The molecular formula is C26H25N5O2. The van der Waals surface area contributed by atoms with Crippen LogP contribution in [-0.4, -0.2) is 27.2 Å². The predicted molar refractivity (Wildman–Crippen MR) is 128 cm³/mol. The van der Waals surface area contributed by atoms with Crippen molar-refractivity contribution in [2.75, 3.05) is 11.9 Å². The van der Waals surface area contributed by atoms with E-state index in [0.717, 1.165) is 70.8 Å². The van der Waals surface area contributed by atoms with Crippen molar-refractivity contribution < 1.29 is 9.15 Å². The summed E-state index contributed by atoms with van der Waals surface area (Å²) in [6.45, 7) is 4.99. The molecule has 7 nitrogen and oxygen atoms in total. The largest absolute Gasteiger partial charge is 0.487 e. The van der Waals surface area contributed by atoms with E-state index in [1.165, 1.54) is 0 Å². The first-order valence-corrected chi connectivity index (χ1v) is 11.1. The van der Waals surface area contributed by atoms with Gasteiger partial charge >= 0.3 is 0 Å². The fourth-order valence-corrected chi connectivity index (χ4v) is 3.75. The van der Waals surface area contributed by atoms with Gasteiger partial charge < -0.3 is 14.5 Å². The number of aromatic nitrogens is 3. The number of hydrogen-bond acceptors (Lipinski definition) is 7. The Morgan fingerprint density at radius 2 is 1.94 bits per heavy atom. The van der Waals surface area contributed by atoms with Crippen molar-refractivity contribution in [2.24, 2.45) is 4.99 Å². The second kappa shape index (κ2) is 9.24. The molecule has 166 valence electrons. The van der Waals surface area contributed by atoms with Gasteiger partial charge in [0.05, 0.1) is 17.0 Å². The third-order valence-electron chi connectivity index (χ3n) is 5.47. The number of nitrogens with one attached hydrogen (secondary N) is 1. The zero-order valence-electron chi connectivity index (χ0n) is 18.7. The van der Waals surface area contributed by atoms with Crippen LogP contribution in [0.25, 0.3) is 11.5 Å². The number of nitrogens with zero attached hydrogens (tertiary/aromatic N) is 4. The topological polar surface area (TPSA) is 85.4 Å². The highest BCUT2D eigenvalue weighted by Gasteiger charge is 2.16. The maximum atomic E-state index is 6.03. The molecule has 0 aliphatic carbocycles. The summed E-state index contributed by atoms with van der Waals surface area (Å²) >= 11 is 0. The lowest BCUT2D eigenvalue weighted by Gasteiger charge is -2.09. The summed E-state index contributed by atoms with van der Waals surface area (Å²) in [5, 5.41) is 3.38. The van der Waals surface area contributed by atoms with Gasteiger partial charge in [-0.25, -0.2) is 15.0 Å². The van der Waals surface area contributed by atoms with Gasteiger partial charge in [0.2, 0.25) is 5.89 Å². The van der Waals surface area contributed by atoms with Crippen LogP contribution in [0.5, 0.6) is 5.75 Å². The molecule has 4 aromatic rings. The van der Waals surface area contributed by atoms with E-state index < -0.39 is 0 Å². The number of aryl methyl sites for hydroxylation is 2.